The second-order valence-electron chi connectivity index (χ2n) is 1.77. The van der Waals surface area contributed by atoms with E-state index in [0.717, 1.165) is 6.08 Å². The fraction of sp³-hybridized carbons (Fsp3) is 0.143. The van der Waals surface area contributed by atoms with Crippen LogP contribution in [0.3, 0.4) is 0 Å². The molecule has 0 atom stereocenters. The minimum absolute atomic E-state index is 0.199. The van der Waals surface area contributed by atoms with Gasteiger partial charge in [0.05, 0.1) is 4.91 Å². The Bertz CT molecular complexity index is 283. The Labute approximate surface area is 66.5 Å². The Kier molecular flexibility index (Phi) is 3.78. The van der Waals surface area contributed by atoms with Crippen molar-refractivity contribution in [2.75, 3.05) is 0 Å². The molecule has 0 saturated carbocycles. The summed E-state index contributed by atoms with van der Waals surface area (Å²) in [5.41, 5.74) is 0. The molecule has 1 N–H and O–H groups in total. The zero-order valence-corrected chi connectivity index (χ0v) is 7.00. The van der Waals surface area contributed by atoms with Gasteiger partial charge in [-0.3, -0.25) is 4.55 Å². The molecule has 3 nitrogen and oxygen atoms in total. The van der Waals surface area contributed by atoms with E-state index in [0.29, 0.717) is 0 Å². The number of rotatable bonds is 3. The Morgan fingerprint density at radius 1 is 1.55 bits per heavy atom. The smallest absolute Gasteiger partial charge is 0.282 e. The van der Waals surface area contributed by atoms with Gasteiger partial charge in [0, 0.05) is 0 Å². The van der Waals surface area contributed by atoms with E-state index in [1.165, 1.54) is 12.2 Å². The summed E-state index contributed by atoms with van der Waals surface area (Å²) in [7, 11) is -4.10. The quantitative estimate of drug-likeness (QED) is 0.521. The van der Waals surface area contributed by atoms with Crippen LogP contribution in [0.2, 0.25) is 0 Å². The standard InChI is InChI=1S/C7H10O3S/c1-3-5-6-7(4-2)11(8,9)10/h3-6H,2H2,1H3,(H,8,9,10)/b5-3+,7-6+. The van der Waals surface area contributed by atoms with Gasteiger partial charge in [-0.15, -0.1) is 0 Å². The van der Waals surface area contributed by atoms with E-state index in [1.54, 1.807) is 13.0 Å². The molecule has 0 heterocycles. The van der Waals surface area contributed by atoms with Gasteiger partial charge in [0.1, 0.15) is 0 Å². The Hall–Kier alpha value is -0.870. The molecule has 0 unspecified atom stereocenters. The van der Waals surface area contributed by atoms with Crippen LogP contribution in [-0.2, 0) is 10.1 Å². The summed E-state index contributed by atoms with van der Waals surface area (Å²) in [5.74, 6) is 0. The highest BCUT2D eigenvalue weighted by atomic mass is 32.2. The average molecular weight is 174 g/mol. The van der Waals surface area contributed by atoms with E-state index >= 15 is 0 Å². The summed E-state index contributed by atoms with van der Waals surface area (Å²) in [5, 5.41) is 0. The minimum atomic E-state index is -4.10. The highest BCUT2D eigenvalue weighted by Gasteiger charge is 2.07. The van der Waals surface area contributed by atoms with Crippen molar-refractivity contribution in [1.29, 1.82) is 0 Å². The van der Waals surface area contributed by atoms with E-state index in [2.05, 4.69) is 6.58 Å². The SMILES string of the molecule is C=C/C(=C\C=C\C)S(=O)(=O)O. The third-order valence-corrected chi connectivity index (χ3v) is 1.85. The number of allylic oxidation sites excluding steroid dienone is 4. The maximum absolute atomic E-state index is 10.5. The van der Waals surface area contributed by atoms with Gasteiger partial charge in [-0.25, -0.2) is 0 Å². The Balaban J connectivity index is 4.84. The predicted molar refractivity (Wildman–Crippen MR) is 44.6 cm³/mol. The molecule has 0 amide bonds. The van der Waals surface area contributed by atoms with Crippen LogP contribution < -0.4 is 0 Å². The summed E-state index contributed by atoms with van der Waals surface area (Å²) in [6.07, 6.45) is 5.50. The normalized spacial score (nSPS) is 13.8. The predicted octanol–water partition coefficient (Wildman–Crippen LogP) is 1.52. The highest BCUT2D eigenvalue weighted by Crippen LogP contribution is 2.04. The van der Waals surface area contributed by atoms with Gasteiger partial charge < -0.3 is 0 Å². The minimum Gasteiger partial charge on any atom is -0.282 e. The third kappa shape index (κ3) is 3.75. The van der Waals surface area contributed by atoms with Gasteiger partial charge in [-0.1, -0.05) is 18.7 Å². The van der Waals surface area contributed by atoms with Gasteiger partial charge in [-0.2, -0.15) is 8.42 Å². The fourth-order valence-corrected chi connectivity index (χ4v) is 0.912. The molecule has 0 aromatic rings. The molecule has 0 aliphatic heterocycles. The molecule has 62 valence electrons. The fourth-order valence-electron chi connectivity index (χ4n) is 0.450. The zero-order valence-electron chi connectivity index (χ0n) is 6.19. The van der Waals surface area contributed by atoms with Crippen LogP contribution >= 0.6 is 0 Å². The van der Waals surface area contributed by atoms with Crippen molar-refractivity contribution in [3.8, 4) is 0 Å². The van der Waals surface area contributed by atoms with Crippen molar-refractivity contribution in [1.82, 2.24) is 0 Å². The van der Waals surface area contributed by atoms with Crippen LogP contribution in [0, 0.1) is 0 Å². The molecule has 0 radical (unpaired) electrons. The van der Waals surface area contributed by atoms with E-state index < -0.39 is 10.1 Å². The van der Waals surface area contributed by atoms with Crippen LogP contribution in [-0.4, -0.2) is 13.0 Å². The molecule has 0 aliphatic carbocycles. The first-order chi connectivity index (χ1) is 5.02. The van der Waals surface area contributed by atoms with Crippen molar-refractivity contribution in [2.45, 2.75) is 6.92 Å². The summed E-state index contributed by atoms with van der Waals surface area (Å²) in [6, 6.07) is 0. The molecule has 0 rings (SSSR count). The van der Waals surface area contributed by atoms with Gasteiger partial charge in [0.15, 0.2) is 0 Å². The molecule has 4 heteroatoms. The molecule has 0 bridgehead atoms. The average Bonchev–Trinajstić information content (AvgIpc) is 1.87. The number of hydrogen-bond donors (Lipinski definition) is 1. The molecule has 11 heavy (non-hydrogen) atoms. The van der Waals surface area contributed by atoms with Crippen LogP contribution in [0.4, 0.5) is 0 Å². The molecule has 0 aromatic carbocycles. The lowest BCUT2D eigenvalue weighted by molar-refractivity contribution is 0.492. The summed E-state index contributed by atoms with van der Waals surface area (Å²) in [4.78, 5) is -0.199. The second-order valence-corrected chi connectivity index (χ2v) is 3.20. The molecule has 0 aromatic heterocycles. The third-order valence-electron chi connectivity index (χ3n) is 0.952. The lowest BCUT2D eigenvalue weighted by Gasteiger charge is -1.92. The van der Waals surface area contributed by atoms with Crippen molar-refractivity contribution < 1.29 is 13.0 Å². The first kappa shape index (κ1) is 10.1. The molecule has 0 saturated heterocycles. The molecular weight excluding hydrogens is 164 g/mol. The Morgan fingerprint density at radius 3 is 2.36 bits per heavy atom. The monoisotopic (exact) mass is 174 g/mol. The maximum Gasteiger partial charge on any atom is 0.294 e. The maximum atomic E-state index is 10.5. The largest absolute Gasteiger partial charge is 0.294 e. The summed E-state index contributed by atoms with van der Waals surface area (Å²) < 4.78 is 29.4. The van der Waals surface area contributed by atoms with E-state index in [-0.39, 0.29) is 4.91 Å². The summed E-state index contributed by atoms with van der Waals surface area (Å²) in [6.45, 7) is 4.98. The van der Waals surface area contributed by atoms with E-state index in [1.807, 2.05) is 0 Å². The zero-order chi connectivity index (χ0) is 8.91. The lowest BCUT2D eigenvalue weighted by Crippen LogP contribution is -1.98. The highest BCUT2D eigenvalue weighted by molar-refractivity contribution is 7.90. The van der Waals surface area contributed by atoms with Gasteiger partial charge in [0.2, 0.25) is 0 Å². The van der Waals surface area contributed by atoms with Crippen molar-refractivity contribution in [2.24, 2.45) is 0 Å². The second kappa shape index (κ2) is 4.10. The van der Waals surface area contributed by atoms with Gasteiger partial charge >= 0.3 is 0 Å². The van der Waals surface area contributed by atoms with Crippen LogP contribution in [0.25, 0.3) is 0 Å². The topological polar surface area (TPSA) is 54.4 Å². The first-order valence-electron chi connectivity index (χ1n) is 2.95. The molecular formula is C7H10O3S. The van der Waals surface area contributed by atoms with Crippen LogP contribution in [0.15, 0.2) is 35.8 Å². The van der Waals surface area contributed by atoms with E-state index in [4.69, 9.17) is 4.55 Å². The summed E-state index contributed by atoms with van der Waals surface area (Å²) >= 11 is 0. The molecule has 0 fully saturated rings. The van der Waals surface area contributed by atoms with Crippen molar-refractivity contribution >= 4 is 10.1 Å². The van der Waals surface area contributed by atoms with Crippen molar-refractivity contribution in [3.63, 3.8) is 0 Å². The van der Waals surface area contributed by atoms with Crippen LogP contribution in [0.1, 0.15) is 6.92 Å². The molecule has 0 spiro atoms. The first-order valence-corrected chi connectivity index (χ1v) is 4.39. The van der Waals surface area contributed by atoms with E-state index in [9.17, 15) is 8.42 Å². The lowest BCUT2D eigenvalue weighted by atomic mass is 10.4. The Morgan fingerprint density at radius 2 is 2.09 bits per heavy atom. The van der Waals surface area contributed by atoms with Crippen molar-refractivity contribution in [3.05, 3.63) is 35.8 Å². The van der Waals surface area contributed by atoms with Crippen LogP contribution in [0.5, 0.6) is 0 Å². The number of hydrogen-bond acceptors (Lipinski definition) is 2. The van der Waals surface area contributed by atoms with Gasteiger partial charge in [0.25, 0.3) is 10.1 Å². The molecule has 0 aliphatic rings. The van der Waals surface area contributed by atoms with Gasteiger partial charge in [-0.05, 0) is 19.1 Å².